The number of thiazole rings is 1. The zero-order chi connectivity index (χ0) is 16.5. The highest BCUT2D eigenvalue weighted by molar-refractivity contribution is 7.90. The molecule has 0 fully saturated rings. The number of anilines is 1. The summed E-state index contributed by atoms with van der Waals surface area (Å²) in [6.07, 6.45) is 1.21. The number of nitro benzene ring substituents is 1. The van der Waals surface area contributed by atoms with Gasteiger partial charge >= 0.3 is 0 Å². The summed E-state index contributed by atoms with van der Waals surface area (Å²) in [7, 11) is -3.09. The van der Waals surface area contributed by atoms with E-state index < -0.39 is 14.8 Å². The average molecular weight is 343 g/mol. The SMILES string of the molecule is CCN(c1nc2ccc([N+](=O)[O-])cc2s1)[C@@H](C)CS(C)(=O)=O. The zero-order valence-corrected chi connectivity index (χ0v) is 14.1. The fraction of sp³-hybridized carbons (Fsp3) is 0.462. The highest BCUT2D eigenvalue weighted by Gasteiger charge is 2.21. The van der Waals surface area contributed by atoms with Gasteiger partial charge in [-0.2, -0.15) is 0 Å². The minimum atomic E-state index is -3.09. The van der Waals surface area contributed by atoms with Crippen LogP contribution in [0.25, 0.3) is 10.2 Å². The fourth-order valence-corrected chi connectivity index (χ4v) is 4.52. The normalized spacial score (nSPS) is 13.2. The van der Waals surface area contributed by atoms with Crippen molar-refractivity contribution in [2.45, 2.75) is 19.9 Å². The van der Waals surface area contributed by atoms with Crippen molar-refractivity contribution >= 4 is 42.2 Å². The summed E-state index contributed by atoms with van der Waals surface area (Å²) in [5, 5.41) is 11.5. The smallest absolute Gasteiger partial charge is 0.270 e. The quantitative estimate of drug-likeness (QED) is 0.591. The molecule has 22 heavy (non-hydrogen) atoms. The molecule has 2 rings (SSSR count). The lowest BCUT2D eigenvalue weighted by Crippen LogP contribution is -2.37. The van der Waals surface area contributed by atoms with Crippen LogP contribution in [0.3, 0.4) is 0 Å². The molecule has 1 atom stereocenters. The number of non-ortho nitro benzene ring substituents is 1. The van der Waals surface area contributed by atoms with E-state index >= 15 is 0 Å². The van der Waals surface area contributed by atoms with Crippen LogP contribution in [0.2, 0.25) is 0 Å². The Kier molecular flexibility index (Phi) is 4.66. The molecule has 0 radical (unpaired) electrons. The van der Waals surface area contributed by atoms with Gasteiger partial charge in [-0.1, -0.05) is 11.3 Å². The first-order valence-electron chi connectivity index (χ1n) is 6.70. The Bertz CT molecular complexity index is 801. The molecule has 1 heterocycles. The molecule has 120 valence electrons. The molecule has 9 heteroatoms. The largest absolute Gasteiger partial charge is 0.345 e. The summed E-state index contributed by atoms with van der Waals surface area (Å²) in [6.45, 7) is 4.37. The molecule has 0 aliphatic rings. The molecule has 0 saturated carbocycles. The molecule has 2 aromatic rings. The van der Waals surface area contributed by atoms with Crippen LogP contribution in [-0.4, -0.2) is 42.9 Å². The fourth-order valence-electron chi connectivity index (χ4n) is 2.30. The maximum absolute atomic E-state index is 11.5. The van der Waals surface area contributed by atoms with Gasteiger partial charge in [-0.25, -0.2) is 13.4 Å². The Morgan fingerprint density at radius 2 is 2.14 bits per heavy atom. The van der Waals surface area contributed by atoms with E-state index in [0.717, 1.165) is 0 Å². The van der Waals surface area contributed by atoms with Gasteiger partial charge in [0, 0.05) is 31.0 Å². The van der Waals surface area contributed by atoms with Crippen molar-refractivity contribution in [3.8, 4) is 0 Å². The lowest BCUT2D eigenvalue weighted by Gasteiger charge is -2.26. The summed E-state index contributed by atoms with van der Waals surface area (Å²) >= 11 is 1.33. The Balaban J connectivity index is 2.37. The Morgan fingerprint density at radius 1 is 1.45 bits per heavy atom. The van der Waals surface area contributed by atoms with Gasteiger partial charge in [0.1, 0.15) is 9.84 Å². The topological polar surface area (TPSA) is 93.4 Å². The van der Waals surface area contributed by atoms with Crippen molar-refractivity contribution < 1.29 is 13.3 Å². The van der Waals surface area contributed by atoms with Crippen LogP contribution in [0.4, 0.5) is 10.8 Å². The second kappa shape index (κ2) is 6.17. The summed E-state index contributed by atoms with van der Waals surface area (Å²) < 4.78 is 23.6. The zero-order valence-electron chi connectivity index (χ0n) is 12.5. The molecule has 0 aliphatic carbocycles. The summed E-state index contributed by atoms with van der Waals surface area (Å²) in [5.74, 6) is 0.0386. The molecular formula is C13H17N3O4S2. The van der Waals surface area contributed by atoms with Crippen LogP contribution < -0.4 is 4.90 Å². The van der Waals surface area contributed by atoms with Crippen LogP contribution in [0.1, 0.15) is 13.8 Å². The molecule has 1 aromatic carbocycles. The Hall–Kier alpha value is -1.74. The van der Waals surface area contributed by atoms with Crippen molar-refractivity contribution in [3.05, 3.63) is 28.3 Å². The minimum Gasteiger partial charge on any atom is -0.345 e. The van der Waals surface area contributed by atoms with Gasteiger partial charge in [-0.15, -0.1) is 0 Å². The molecule has 7 nitrogen and oxygen atoms in total. The number of sulfone groups is 1. The number of rotatable bonds is 6. The average Bonchev–Trinajstić information content (AvgIpc) is 2.79. The monoisotopic (exact) mass is 343 g/mol. The molecule has 0 bridgehead atoms. The molecule has 1 aromatic heterocycles. The van der Waals surface area contributed by atoms with Gasteiger partial charge in [0.05, 0.1) is 20.9 Å². The first-order valence-corrected chi connectivity index (χ1v) is 9.58. The van der Waals surface area contributed by atoms with Gasteiger partial charge in [0.15, 0.2) is 5.13 Å². The maximum atomic E-state index is 11.5. The lowest BCUT2D eigenvalue weighted by molar-refractivity contribution is -0.384. The van der Waals surface area contributed by atoms with Crippen molar-refractivity contribution in [2.75, 3.05) is 23.5 Å². The Morgan fingerprint density at radius 3 is 2.68 bits per heavy atom. The predicted octanol–water partition coefficient (Wildman–Crippen LogP) is 2.46. The summed E-state index contributed by atoms with van der Waals surface area (Å²) in [5.41, 5.74) is 0.700. The molecule has 0 unspecified atom stereocenters. The number of hydrogen-bond acceptors (Lipinski definition) is 7. The lowest BCUT2D eigenvalue weighted by atomic mass is 10.3. The summed E-state index contributed by atoms with van der Waals surface area (Å²) in [4.78, 5) is 16.7. The predicted molar refractivity (Wildman–Crippen MR) is 88.5 cm³/mol. The van der Waals surface area contributed by atoms with Gasteiger partial charge in [0.25, 0.3) is 5.69 Å². The number of aromatic nitrogens is 1. The van der Waals surface area contributed by atoms with Gasteiger partial charge in [-0.3, -0.25) is 10.1 Å². The summed E-state index contributed by atoms with van der Waals surface area (Å²) in [6, 6.07) is 4.31. The number of fused-ring (bicyclic) bond motifs is 1. The van der Waals surface area contributed by atoms with Crippen molar-refractivity contribution in [3.63, 3.8) is 0 Å². The molecule has 0 amide bonds. The Labute approximate surface area is 132 Å². The number of nitro groups is 1. The first kappa shape index (κ1) is 16.6. The third kappa shape index (κ3) is 3.72. The van der Waals surface area contributed by atoms with Crippen LogP contribution in [0.5, 0.6) is 0 Å². The highest BCUT2D eigenvalue weighted by Crippen LogP contribution is 2.32. The van der Waals surface area contributed by atoms with E-state index in [4.69, 9.17) is 0 Å². The van der Waals surface area contributed by atoms with E-state index in [1.807, 2.05) is 18.7 Å². The van der Waals surface area contributed by atoms with E-state index in [0.29, 0.717) is 21.9 Å². The second-order valence-corrected chi connectivity index (χ2v) is 8.33. The van der Waals surface area contributed by atoms with Gasteiger partial charge in [-0.05, 0) is 19.9 Å². The van der Waals surface area contributed by atoms with E-state index in [9.17, 15) is 18.5 Å². The molecule has 0 N–H and O–H groups in total. The van der Waals surface area contributed by atoms with Crippen molar-refractivity contribution in [1.82, 2.24) is 4.98 Å². The number of nitrogens with zero attached hydrogens (tertiary/aromatic N) is 3. The van der Waals surface area contributed by atoms with Crippen molar-refractivity contribution in [1.29, 1.82) is 0 Å². The van der Waals surface area contributed by atoms with E-state index in [2.05, 4.69) is 4.98 Å². The first-order chi connectivity index (χ1) is 10.2. The van der Waals surface area contributed by atoms with Crippen LogP contribution in [-0.2, 0) is 9.84 Å². The molecule has 0 saturated heterocycles. The molecule has 0 aliphatic heterocycles. The van der Waals surface area contributed by atoms with Crippen molar-refractivity contribution in [2.24, 2.45) is 0 Å². The highest BCUT2D eigenvalue weighted by atomic mass is 32.2. The maximum Gasteiger partial charge on any atom is 0.270 e. The minimum absolute atomic E-state index is 0.0231. The van der Waals surface area contributed by atoms with Crippen LogP contribution in [0.15, 0.2) is 18.2 Å². The third-order valence-electron chi connectivity index (χ3n) is 3.23. The number of hydrogen-bond donors (Lipinski definition) is 0. The van der Waals surface area contributed by atoms with Gasteiger partial charge in [0.2, 0.25) is 0 Å². The molecular weight excluding hydrogens is 326 g/mol. The second-order valence-electron chi connectivity index (χ2n) is 5.13. The molecule has 0 spiro atoms. The van der Waals surface area contributed by atoms with E-state index in [1.54, 1.807) is 6.07 Å². The third-order valence-corrected chi connectivity index (χ3v) is 5.38. The van der Waals surface area contributed by atoms with Crippen LogP contribution in [0, 0.1) is 10.1 Å². The standard InChI is InChI=1S/C13H17N3O4S2/c1-4-15(9(2)8-22(3,19)20)13-14-11-6-5-10(16(17)18)7-12(11)21-13/h5-7,9H,4,8H2,1-3H3/t9-/m0/s1. The van der Waals surface area contributed by atoms with E-state index in [-0.39, 0.29) is 17.5 Å². The van der Waals surface area contributed by atoms with Crippen LogP contribution >= 0.6 is 11.3 Å². The van der Waals surface area contributed by atoms with E-state index in [1.165, 1.54) is 29.7 Å². The van der Waals surface area contributed by atoms with Gasteiger partial charge < -0.3 is 4.90 Å². The number of benzene rings is 1.